The van der Waals surface area contributed by atoms with Crippen LogP contribution in [0.25, 0.3) is 0 Å². The van der Waals surface area contributed by atoms with E-state index in [1.54, 1.807) is 24.3 Å². The summed E-state index contributed by atoms with van der Waals surface area (Å²) in [5.41, 5.74) is 0.922. The summed E-state index contributed by atoms with van der Waals surface area (Å²) < 4.78 is 9.92. The lowest BCUT2D eigenvalue weighted by molar-refractivity contribution is 0.0928. The molecule has 85 valence electrons. The molecule has 2 aromatic rings. The Morgan fingerprint density at radius 1 is 1.06 bits per heavy atom. The van der Waals surface area contributed by atoms with Gasteiger partial charge in [-0.3, -0.25) is 0 Å². The average molecular weight is 227 g/mol. The van der Waals surface area contributed by atoms with Crippen LogP contribution in [-0.2, 0) is 11.3 Å². The first-order valence-electron chi connectivity index (χ1n) is 5.19. The van der Waals surface area contributed by atoms with E-state index in [2.05, 4.69) is 6.07 Å². The summed E-state index contributed by atoms with van der Waals surface area (Å²) in [6.07, 6.45) is -0.708. The lowest BCUT2D eigenvalue weighted by Crippen LogP contribution is -2.10. The van der Waals surface area contributed by atoms with E-state index in [-0.39, 0.29) is 6.61 Å². The van der Waals surface area contributed by atoms with Gasteiger partial charge in [-0.2, -0.15) is 0 Å². The zero-order chi connectivity index (χ0) is 11.9. The molecule has 0 aliphatic rings. The highest BCUT2D eigenvalue weighted by atomic mass is 16.7. The summed E-state index contributed by atoms with van der Waals surface area (Å²) in [4.78, 5) is 11.3. The molecule has 3 heteroatoms. The Labute approximate surface area is 99.6 Å². The molecule has 0 aromatic heterocycles. The molecule has 0 spiro atoms. The van der Waals surface area contributed by atoms with Gasteiger partial charge in [-0.1, -0.05) is 42.5 Å². The van der Waals surface area contributed by atoms with Crippen molar-refractivity contribution in [2.24, 2.45) is 0 Å². The Bertz CT molecular complexity index is 465. The van der Waals surface area contributed by atoms with Crippen molar-refractivity contribution in [3.63, 3.8) is 0 Å². The minimum absolute atomic E-state index is 0.207. The van der Waals surface area contributed by atoms with Crippen LogP contribution in [0, 0.1) is 6.07 Å². The Morgan fingerprint density at radius 3 is 2.47 bits per heavy atom. The lowest BCUT2D eigenvalue weighted by atomic mass is 10.2. The zero-order valence-electron chi connectivity index (χ0n) is 9.13. The third-order valence-electron chi connectivity index (χ3n) is 2.09. The highest BCUT2D eigenvalue weighted by molar-refractivity contribution is 5.63. The van der Waals surface area contributed by atoms with Crippen molar-refractivity contribution in [1.29, 1.82) is 0 Å². The minimum atomic E-state index is -0.708. The van der Waals surface area contributed by atoms with Crippen LogP contribution < -0.4 is 4.74 Å². The average Bonchev–Trinajstić information content (AvgIpc) is 2.39. The maximum Gasteiger partial charge on any atom is 0.514 e. The van der Waals surface area contributed by atoms with Crippen LogP contribution in [-0.4, -0.2) is 6.16 Å². The Morgan fingerprint density at radius 2 is 1.76 bits per heavy atom. The van der Waals surface area contributed by atoms with Crippen LogP contribution in [0.15, 0.2) is 54.6 Å². The molecule has 0 heterocycles. The standard InChI is InChI=1S/C14H11O3/c15-14(17-13-9-5-2-6-10-13)16-11-12-7-3-1-4-8-12/h1,3-10H,11H2. The van der Waals surface area contributed by atoms with Crippen LogP contribution in [0.4, 0.5) is 4.79 Å². The van der Waals surface area contributed by atoms with Gasteiger partial charge in [-0.25, -0.2) is 4.79 Å². The van der Waals surface area contributed by atoms with Crippen molar-refractivity contribution in [2.75, 3.05) is 0 Å². The number of rotatable bonds is 3. The first-order chi connectivity index (χ1) is 8.34. The molecule has 0 unspecified atom stereocenters. The fourth-order valence-electron chi connectivity index (χ4n) is 1.28. The highest BCUT2D eigenvalue weighted by Gasteiger charge is 2.05. The quantitative estimate of drug-likeness (QED) is 0.596. The van der Waals surface area contributed by atoms with E-state index in [1.807, 2.05) is 30.3 Å². The van der Waals surface area contributed by atoms with Crippen LogP contribution in [0.3, 0.4) is 0 Å². The van der Waals surface area contributed by atoms with Crippen molar-refractivity contribution in [1.82, 2.24) is 0 Å². The topological polar surface area (TPSA) is 35.5 Å². The van der Waals surface area contributed by atoms with E-state index in [0.29, 0.717) is 5.75 Å². The van der Waals surface area contributed by atoms with Gasteiger partial charge in [0.1, 0.15) is 12.4 Å². The number of benzene rings is 2. The van der Waals surface area contributed by atoms with E-state index < -0.39 is 6.16 Å². The van der Waals surface area contributed by atoms with Gasteiger partial charge in [0.05, 0.1) is 0 Å². The van der Waals surface area contributed by atoms with Crippen molar-refractivity contribution in [3.8, 4) is 5.75 Å². The molecule has 0 fully saturated rings. The third kappa shape index (κ3) is 3.65. The number of hydrogen-bond acceptors (Lipinski definition) is 3. The maximum absolute atomic E-state index is 11.3. The predicted octanol–water partition coefficient (Wildman–Crippen LogP) is 3.20. The zero-order valence-corrected chi connectivity index (χ0v) is 9.13. The van der Waals surface area contributed by atoms with Crippen molar-refractivity contribution in [2.45, 2.75) is 6.61 Å². The second-order valence-corrected chi connectivity index (χ2v) is 3.36. The Hall–Kier alpha value is -2.29. The van der Waals surface area contributed by atoms with Crippen LogP contribution in [0.2, 0.25) is 0 Å². The number of ether oxygens (including phenoxy) is 2. The van der Waals surface area contributed by atoms with Gasteiger partial charge in [-0.15, -0.1) is 0 Å². The van der Waals surface area contributed by atoms with E-state index in [4.69, 9.17) is 9.47 Å². The van der Waals surface area contributed by atoms with Gasteiger partial charge in [0.25, 0.3) is 0 Å². The normalized spacial score (nSPS) is 9.65. The van der Waals surface area contributed by atoms with Gasteiger partial charge in [-0.05, 0) is 23.8 Å². The number of hydrogen-bond donors (Lipinski definition) is 0. The van der Waals surface area contributed by atoms with E-state index >= 15 is 0 Å². The first kappa shape index (κ1) is 11.2. The summed E-state index contributed by atoms with van der Waals surface area (Å²) in [5, 5.41) is 0. The van der Waals surface area contributed by atoms with Gasteiger partial charge in [0.2, 0.25) is 0 Å². The molecule has 0 saturated carbocycles. The second kappa shape index (κ2) is 5.70. The molecule has 0 aliphatic carbocycles. The van der Waals surface area contributed by atoms with Gasteiger partial charge in [0.15, 0.2) is 0 Å². The number of carbonyl (C=O) groups excluding carboxylic acids is 1. The summed E-state index contributed by atoms with van der Waals surface area (Å²) in [6, 6.07) is 18.9. The smallest absolute Gasteiger partial charge is 0.429 e. The molecule has 3 nitrogen and oxygen atoms in total. The molecule has 0 bridgehead atoms. The monoisotopic (exact) mass is 227 g/mol. The van der Waals surface area contributed by atoms with E-state index in [1.165, 1.54) is 0 Å². The molecule has 0 N–H and O–H groups in total. The first-order valence-corrected chi connectivity index (χ1v) is 5.19. The third-order valence-corrected chi connectivity index (χ3v) is 2.09. The molecule has 17 heavy (non-hydrogen) atoms. The van der Waals surface area contributed by atoms with Crippen LogP contribution in [0.5, 0.6) is 5.75 Å². The molecule has 0 aliphatic heterocycles. The fraction of sp³-hybridized carbons (Fsp3) is 0.0714. The van der Waals surface area contributed by atoms with Crippen LogP contribution >= 0.6 is 0 Å². The van der Waals surface area contributed by atoms with E-state index in [0.717, 1.165) is 5.56 Å². The second-order valence-electron chi connectivity index (χ2n) is 3.36. The van der Waals surface area contributed by atoms with Crippen LogP contribution in [0.1, 0.15) is 5.56 Å². The molecular formula is C14H11O3. The largest absolute Gasteiger partial charge is 0.514 e. The van der Waals surface area contributed by atoms with Gasteiger partial charge in [0, 0.05) is 0 Å². The molecule has 2 rings (SSSR count). The highest BCUT2D eigenvalue weighted by Crippen LogP contribution is 2.09. The minimum Gasteiger partial charge on any atom is -0.429 e. The molecule has 1 radical (unpaired) electrons. The lowest BCUT2D eigenvalue weighted by Gasteiger charge is -2.05. The molecule has 0 atom stereocenters. The van der Waals surface area contributed by atoms with Gasteiger partial charge < -0.3 is 9.47 Å². The predicted molar refractivity (Wildman–Crippen MR) is 62.5 cm³/mol. The molecule has 0 amide bonds. The summed E-state index contributed by atoms with van der Waals surface area (Å²) >= 11 is 0. The van der Waals surface area contributed by atoms with Crippen molar-refractivity contribution < 1.29 is 14.3 Å². The SMILES string of the molecule is O=C(OCc1ccccc1)Oc1cc[c]cc1. The Balaban J connectivity index is 1.83. The summed E-state index contributed by atoms with van der Waals surface area (Å²) in [6.45, 7) is 0.207. The molecule has 2 aromatic carbocycles. The fourth-order valence-corrected chi connectivity index (χ4v) is 1.28. The Kier molecular flexibility index (Phi) is 3.76. The van der Waals surface area contributed by atoms with E-state index in [9.17, 15) is 4.79 Å². The van der Waals surface area contributed by atoms with Gasteiger partial charge >= 0.3 is 6.16 Å². The summed E-state index contributed by atoms with van der Waals surface area (Å²) in [7, 11) is 0. The van der Waals surface area contributed by atoms with Crippen molar-refractivity contribution >= 4 is 6.16 Å². The molecule has 0 saturated heterocycles. The summed E-state index contributed by atoms with van der Waals surface area (Å²) in [5.74, 6) is 0.446. The maximum atomic E-state index is 11.3. The molecular weight excluding hydrogens is 216 g/mol. The number of carbonyl (C=O) groups is 1. The van der Waals surface area contributed by atoms with Crippen molar-refractivity contribution in [3.05, 3.63) is 66.2 Å².